The second-order valence-electron chi connectivity index (χ2n) is 5.60. The molecule has 1 heterocycles. The molecule has 0 aliphatic carbocycles. The fraction of sp³-hybridized carbons (Fsp3) is 0.467. The number of hydrogen-bond acceptors (Lipinski definition) is 5. The maximum Gasteiger partial charge on any atom is 0.298 e. The summed E-state index contributed by atoms with van der Waals surface area (Å²) in [5, 5.41) is 0.571. The molecule has 2 aromatic rings. The lowest BCUT2D eigenvalue weighted by molar-refractivity contribution is 0.200. The summed E-state index contributed by atoms with van der Waals surface area (Å²) in [5.74, 6) is 1.56. The molecule has 1 aromatic heterocycles. The molecule has 0 radical (unpaired) electrons. The molecule has 2 rings (SSSR count). The van der Waals surface area contributed by atoms with E-state index in [1.807, 2.05) is 12.1 Å². The average Bonchev–Trinajstić information content (AvgIpc) is 2.83. The zero-order valence-corrected chi connectivity index (χ0v) is 13.2. The predicted octanol–water partition coefficient (Wildman–Crippen LogP) is 3.82. The summed E-state index contributed by atoms with van der Waals surface area (Å²) in [5.41, 5.74) is 1.34. The Kier molecular flexibility index (Phi) is 4.73. The Hall–Kier alpha value is -1.46. The van der Waals surface area contributed by atoms with E-state index in [-0.39, 0.29) is 5.41 Å². The normalized spacial score (nSPS) is 11.6. The van der Waals surface area contributed by atoms with Gasteiger partial charge in [0, 0.05) is 25.1 Å². The Bertz CT molecular complexity index is 561. The quantitative estimate of drug-likeness (QED) is 0.840. The molecule has 0 bridgehead atoms. The van der Waals surface area contributed by atoms with Crippen molar-refractivity contribution in [1.82, 2.24) is 9.36 Å². The van der Waals surface area contributed by atoms with Gasteiger partial charge in [-0.15, -0.1) is 0 Å². The first-order valence-electron chi connectivity index (χ1n) is 6.59. The molecule has 0 aliphatic rings. The van der Waals surface area contributed by atoms with Crippen molar-refractivity contribution < 1.29 is 9.47 Å². The van der Waals surface area contributed by atoms with Crippen LogP contribution in [0.1, 0.15) is 32.2 Å². The van der Waals surface area contributed by atoms with E-state index in [0.717, 1.165) is 11.6 Å². The minimum Gasteiger partial charge on any atom is -0.430 e. The fourth-order valence-corrected chi connectivity index (χ4v) is 2.30. The van der Waals surface area contributed by atoms with Crippen molar-refractivity contribution in [2.75, 3.05) is 13.7 Å². The molecular formula is C15H20N2O2S. The minimum absolute atomic E-state index is 0.101. The summed E-state index contributed by atoms with van der Waals surface area (Å²) < 4.78 is 15.0. The van der Waals surface area contributed by atoms with Gasteiger partial charge in [-0.3, -0.25) is 0 Å². The van der Waals surface area contributed by atoms with Crippen LogP contribution in [0.5, 0.6) is 10.9 Å². The highest BCUT2D eigenvalue weighted by molar-refractivity contribution is 7.07. The molecule has 20 heavy (non-hydrogen) atoms. The van der Waals surface area contributed by atoms with Gasteiger partial charge in [-0.25, -0.2) is 0 Å². The minimum atomic E-state index is 0.101. The van der Waals surface area contributed by atoms with Gasteiger partial charge in [-0.05, 0) is 23.1 Å². The van der Waals surface area contributed by atoms with Crippen molar-refractivity contribution in [3.05, 3.63) is 35.7 Å². The molecule has 0 aliphatic heterocycles. The molecule has 0 saturated heterocycles. The van der Waals surface area contributed by atoms with Gasteiger partial charge in [0.05, 0.1) is 6.61 Å². The van der Waals surface area contributed by atoms with Gasteiger partial charge < -0.3 is 9.47 Å². The zero-order chi connectivity index (χ0) is 14.6. The first-order chi connectivity index (χ1) is 9.49. The number of ether oxygens (including phenoxy) is 2. The van der Waals surface area contributed by atoms with E-state index in [4.69, 9.17) is 9.47 Å². The predicted molar refractivity (Wildman–Crippen MR) is 80.7 cm³/mol. The van der Waals surface area contributed by atoms with Crippen molar-refractivity contribution in [2.45, 2.75) is 32.6 Å². The monoisotopic (exact) mass is 292 g/mol. The number of hydrogen-bond donors (Lipinski definition) is 0. The van der Waals surface area contributed by atoms with E-state index in [1.54, 1.807) is 7.11 Å². The van der Waals surface area contributed by atoms with Crippen LogP contribution in [0.3, 0.4) is 0 Å². The number of nitrogens with zero attached hydrogens (tertiary/aromatic N) is 2. The van der Waals surface area contributed by atoms with Crippen molar-refractivity contribution >= 4 is 11.5 Å². The first kappa shape index (κ1) is 14.9. The summed E-state index contributed by atoms with van der Waals surface area (Å²) in [4.78, 5) is 4.34. The van der Waals surface area contributed by atoms with E-state index in [1.165, 1.54) is 17.1 Å². The summed E-state index contributed by atoms with van der Waals surface area (Å²) in [6.45, 7) is 7.16. The van der Waals surface area contributed by atoms with Crippen LogP contribution >= 0.6 is 11.5 Å². The molecule has 0 N–H and O–H groups in total. The average molecular weight is 292 g/mol. The maximum atomic E-state index is 5.78. The van der Waals surface area contributed by atoms with E-state index < -0.39 is 0 Å². The highest BCUT2D eigenvalue weighted by atomic mass is 32.1. The van der Waals surface area contributed by atoms with Gasteiger partial charge in [-0.1, -0.05) is 32.9 Å². The maximum absolute atomic E-state index is 5.78. The second-order valence-corrected chi connectivity index (χ2v) is 6.31. The molecule has 0 spiro atoms. The Morgan fingerprint density at radius 1 is 1.25 bits per heavy atom. The van der Waals surface area contributed by atoms with Gasteiger partial charge in [0.15, 0.2) is 0 Å². The molecular weight excluding hydrogens is 272 g/mol. The Morgan fingerprint density at radius 2 is 2.05 bits per heavy atom. The van der Waals surface area contributed by atoms with Crippen molar-refractivity contribution in [2.24, 2.45) is 0 Å². The lowest BCUT2D eigenvalue weighted by Gasteiger charge is -2.19. The number of rotatable bonds is 5. The van der Waals surface area contributed by atoms with Crippen LogP contribution in [0, 0.1) is 0 Å². The molecule has 5 heteroatoms. The van der Waals surface area contributed by atoms with E-state index >= 15 is 0 Å². The Labute approximate surface area is 123 Å². The molecule has 4 nitrogen and oxygen atoms in total. The van der Waals surface area contributed by atoms with E-state index in [0.29, 0.717) is 18.2 Å². The largest absolute Gasteiger partial charge is 0.430 e. The zero-order valence-electron chi connectivity index (χ0n) is 12.3. The van der Waals surface area contributed by atoms with Crippen LogP contribution in [-0.4, -0.2) is 23.1 Å². The van der Waals surface area contributed by atoms with Crippen LogP contribution < -0.4 is 4.74 Å². The number of aromatic nitrogens is 2. The van der Waals surface area contributed by atoms with Gasteiger partial charge in [-0.2, -0.15) is 9.36 Å². The van der Waals surface area contributed by atoms with Gasteiger partial charge in [0.2, 0.25) is 0 Å². The molecule has 0 unspecified atom stereocenters. The summed E-state index contributed by atoms with van der Waals surface area (Å²) in [6, 6.07) is 8.10. The van der Waals surface area contributed by atoms with Crippen molar-refractivity contribution in [3.63, 3.8) is 0 Å². The molecule has 0 amide bonds. The van der Waals surface area contributed by atoms with Crippen LogP contribution in [0.2, 0.25) is 0 Å². The highest BCUT2D eigenvalue weighted by Gasteiger charge is 2.14. The molecule has 0 fully saturated rings. The van der Waals surface area contributed by atoms with Crippen LogP contribution in [-0.2, 0) is 16.6 Å². The summed E-state index contributed by atoms with van der Waals surface area (Å²) in [7, 11) is 1.67. The van der Waals surface area contributed by atoms with Crippen molar-refractivity contribution in [1.29, 1.82) is 0 Å². The third kappa shape index (κ3) is 4.02. The molecule has 0 saturated carbocycles. The van der Waals surface area contributed by atoms with Gasteiger partial charge in [0.25, 0.3) is 5.19 Å². The topological polar surface area (TPSA) is 44.2 Å². The highest BCUT2D eigenvalue weighted by Crippen LogP contribution is 2.29. The SMILES string of the molecule is COCCc1nsc(Oc2cccc(C(C)(C)C)c2)n1. The molecule has 108 valence electrons. The second kappa shape index (κ2) is 6.33. The lowest BCUT2D eigenvalue weighted by atomic mass is 9.87. The Balaban J connectivity index is 2.08. The van der Waals surface area contributed by atoms with Crippen LogP contribution in [0.4, 0.5) is 0 Å². The number of benzene rings is 1. The van der Waals surface area contributed by atoms with E-state index in [2.05, 4.69) is 42.3 Å². The van der Waals surface area contributed by atoms with Gasteiger partial charge >= 0.3 is 0 Å². The molecule has 0 atom stereocenters. The molecule has 1 aromatic carbocycles. The smallest absolute Gasteiger partial charge is 0.298 e. The standard InChI is InChI=1S/C15H20N2O2S/c1-15(2,3)11-6-5-7-12(10-11)19-14-16-13(17-20-14)8-9-18-4/h5-7,10H,8-9H2,1-4H3. The number of methoxy groups -OCH3 is 1. The van der Waals surface area contributed by atoms with Crippen LogP contribution in [0.15, 0.2) is 24.3 Å². The van der Waals surface area contributed by atoms with Gasteiger partial charge in [0.1, 0.15) is 11.6 Å². The lowest BCUT2D eigenvalue weighted by Crippen LogP contribution is -2.10. The summed E-state index contributed by atoms with van der Waals surface area (Å²) >= 11 is 1.27. The third-order valence-corrected chi connectivity index (χ3v) is 3.52. The third-order valence-electron chi connectivity index (χ3n) is 2.88. The first-order valence-corrected chi connectivity index (χ1v) is 7.36. The summed E-state index contributed by atoms with van der Waals surface area (Å²) in [6.07, 6.45) is 0.707. The fourth-order valence-electron chi connectivity index (χ4n) is 1.70. The Morgan fingerprint density at radius 3 is 2.75 bits per heavy atom. The van der Waals surface area contributed by atoms with E-state index in [9.17, 15) is 0 Å². The van der Waals surface area contributed by atoms with Crippen LogP contribution in [0.25, 0.3) is 0 Å². The van der Waals surface area contributed by atoms with Crippen molar-refractivity contribution in [3.8, 4) is 10.9 Å².